The van der Waals surface area contributed by atoms with E-state index >= 15 is 0 Å². The van der Waals surface area contributed by atoms with Crippen molar-refractivity contribution in [1.82, 2.24) is 4.98 Å². The number of aryl methyl sites for hydroxylation is 1. The molecule has 1 aromatic heterocycles. The lowest BCUT2D eigenvalue weighted by atomic mass is 9.87. The van der Waals surface area contributed by atoms with Crippen molar-refractivity contribution in [2.75, 3.05) is 6.61 Å². The first-order valence-corrected chi connectivity index (χ1v) is 10.9. The van der Waals surface area contributed by atoms with Crippen LogP contribution >= 0.6 is 46.1 Å². The van der Waals surface area contributed by atoms with Gasteiger partial charge in [0.1, 0.15) is 21.9 Å². The Balaban J connectivity index is 1.37. The van der Waals surface area contributed by atoms with Crippen LogP contribution in [-0.4, -0.2) is 17.7 Å². The maximum atomic E-state index is 6.38. The number of rotatable bonds is 4. The summed E-state index contributed by atoms with van der Waals surface area (Å²) >= 11 is 20.0. The lowest BCUT2D eigenvalue weighted by Crippen LogP contribution is -2.31. The maximum absolute atomic E-state index is 6.38. The highest BCUT2D eigenvalue weighted by molar-refractivity contribution is 7.09. The van der Waals surface area contributed by atoms with Gasteiger partial charge in [0.15, 0.2) is 0 Å². The first-order valence-electron chi connectivity index (χ1n) is 8.86. The summed E-state index contributed by atoms with van der Waals surface area (Å²) in [6.07, 6.45) is 4.82. The van der Waals surface area contributed by atoms with E-state index in [9.17, 15) is 0 Å². The second-order valence-electron chi connectivity index (χ2n) is 7.05. The third-order valence-corrected chi connectivity index (χ3v) is 7.70. The number of fused-ring (bicyclic) bond motifs is 1. The van der Waals surface area contributed by atoms with Crippen LogP contribution in [0, 0.1) is 18.8 Å². The summed E-state index contributed by atoms with van der Waals surface area (Å²) in [5, 5.41) is 4.37. The fourth-order valence-corrected chi connectivity index (χ4v) is 5.50. The molecule has 2 heterocycles. The molecule has 2 unspecified atom stereocenters. The van der Waals surface area contributed by atoms with E-state index in [2.05, 4.69) is 10.4 Å². The Hall–Kier alpha value is -0.520. The summed E-state index contributed by atoms with van der Waals surface area (Å²) in [6.45, 7) is 2.66. The molecular weight excluding hydrogens is 413 g/mol. The van der Waals surface area contributed by atoms with Crippen molar-refractivity contribution < 1.29 is 9.47 Å². The van der Waals surface area contributed by atoms with E-state index in [1.807, 2.05) is 6.92 Å². The number of nitrogens with zero attached hydrogens (tertiary/aromatic N) is 1. The smallest absolute Gasteiger partial charge is 0.139 e. The van der Waals surface area contributed by atoms with Gasteiger partial charge < -0.3 is 9.47 Å². The molecule has 140 valence electrons. The molecule has 4 atom stereocenters. The maximum Gasteiger partial charge on any atom is 0.139 e. The Morgan fingerprint density at radius 3 is 2.77 bits per heavy atom. The molecule has 0 spiro atoms. The third kappa shape index (κ3) is 3.72. The molecule has 1 aliphatic heterocycles. The van der Waals surface area contributed by atoms with E-state index < -0.39 is 0 Å². The Morgan fingerprint density at radius 1 is 1.15 bits per heavy atom. The van der Waals surface area contributed by atoms with Crippen LogP contribution in [0.15, 0.2) is 17.5 Å². The summed E-state index contributed by atoms with van der Waals surface area (Å²) < 4.78 is 12.4. The number of ether oxygens (including phenoxy) is 2. The fourth-order valence-electron chi connectivity index (χ4n) is 4.05. The zero-order valence-corrected chi connectivity index (χ0v) is 17.5. The molecule has 1 aromatic carbocycles. The van der Waals surface area contributed by atoms with Crippen molar-refractivity contribution >= 4 is 46.1 Å². The highest BCUT2D eigenvalue weighted by atomic mass is 35.5. The van der Waals surface area contributed by atoms with Crippen LogP contribution in [0.5, 0.6) is 5.75 Å². The average Bonchev–Trinajstić information content (AvgIpc) is 3.25. The normalized spacial score (nSPS) is 28.2. The predicted molar refractivity (Wildman–Crippen MR) is 107 cm³/mol. The van der Waals surface area contributed by atoms with Gasteiger partial charge in [-0.1, -0.05) is 34.8 Å². The molecule has 2 aromatic rings. The molecule has 1 saturated heterocycles. The molecule has 3 nitrogen and oxygen atoms in total. The molecule has 0 bridgehead atoms. The molecule has 7 heteroatoms. The van der Waals surface area contributed by atoms with Gasteiger partial charge in [0.05, 0.1) is 22.8 Å². The van der Waals surface area contributed by atoms with Gasteiger partial charge >= 0.3 is 0 Å². The van der Waals surface area contributed by atoms with Crippen molar-refractivity contribution in [3.8, 4) is 5.75 Å². The van der Waals surface area contributed by atoms with Crippen molar-refractivity contribution in [3.63, 3.8) is 0 Å². The topological polar surface area (TPSA) is 31.4 Å². The van der Waals surface area contributed by atoms with E-state index in [-0.39, 0.29) is 6.10 Å². The van der Waals surface area contributed by atoms with E-state index in [1.54, 1.807) is 23.5 Å². The zero-order valence-electron chi connectivity index (χ0n) is 14.4. The number of halogens is 3. The molecule has 26 heavy (non-hydrogen) atoms. The standard InChI is InChI=1S/C19H20Cl3NO2S/c1-10-9-26-19(23-10)16-6-3-12-11(2-5-14(12)25-16)8-24-15-7-4-13(20)17(21)18(15)22/h4,7,9,11-12,14,16H,2-3,5-6,8H2,1H3/t11?,12-,14+,16?/m1/s1. The molecular formula is C19H20Cl3NO2S. The van der Waals surface area contributed by atoms with Crippen LogP contribution in [0.25, 0.3) is 0 Å². The molecule has 0 radical (unpaired) electrons. The summed E-state index contributed by atoms with van der Waals surface area (Å²) in [7, 11) is 0. The molecule has 0 N–H and O–H groups in total. The molecule has 2 aliphatic rings. The zero-order chi connectivity index (χ0) is 18.3. The molecule has 0 amide bonds. The van der Waals surface area contributed by atoms with Crippen LogP contribution in [0.1, 0.15) is 42.5 Å². The Morgan fingerprint density at radius 2 is 2.00 bits per heavy atom. The number of aromatic nitrogens is 1. The van der Waals surface area contributed by atoms with Gasteiger partial charge in [0.25, 0.3) is 0 Å². The lowest BCUT2D eigenvalue weighted by Gasteiger charge is -2.34. The van der Waals surface area contributed by atoms with Crippen LogP contribution in [0.2, 0.25) is 15.1 Å². The van der Waals surface area contributed by atoms with Gasteiger partial charge in [0, 0.05) is 11.1 Å². The molecule has 1 saturated carbocycles. The van der Waals surface area contributed by atoms with Crippen molar-refractivity contribution in [2.24, 2.45) is 11.8 Å². The first-order chi connectivity index (χ1) is 12.5. The number of hydrogen-bond acceptors (Lipinski definition) is 4. The van der Waals surface area contributed by atoms with E-state index in [1.165, 1.54) is 0 Å². The summed E-state index contributed by atoms with van der Waals surface area (Å²) in [6, 6.07) is 3.49. The van der Waals surface area contributed by atoms with Crippen LogP contribution in [0.4, 0.5) is 0 Å². The quantitative estimate of drug-likeness (QED) is 0.501. The Labute approximate surface area is 172 Å². The van der Waals surface area contributed by atoms with Gasteiger partial charge in [-0.15, -0.1) is 11.3 Å². The van der Waals surface area contributed by atoms with Gasteiger partial charge in [-0.05, 0) is 56.6 Å². The van der Waals surface area contributed by atoms with Gasteiger partial charge in [0.2, 0.25) is 0 Å². The number of thiazole rings is 1. The van der Waals surface area contributed by atoms with E-state index in [4.69, 9.17) is 44.3 Å². The first kappa shape index (κ1) is 18.8. The molecule has 1 aliphatic carbocycles. The Kier molecular flexibility index (Phi) is 5.68. The number of benzene rings is 1. The van der Waals surface area contributed by atoms with Gasteiger partial charge in [-0.25, -0.2) is 4.98 Å². The van der Waals surface area contributed by atoms with E-state index in [0.717, 1.165) is 36.4 Å². The highest BCUT2D eigenvalue weighted by Crippen LogP contribution is 2.46. The fraction of sp³-hybridized carbons (Fsp3) is 0.526. The molecule has 4 rings (SSSR count). The second-order valence-corrected chi connectivity index (χ2v) is 9.11. The monoisotopic (exact) mass is 431 g/mol. The summed E-state index contributed by atoms with van der Waals surface area (Å²) in [5.74, 6) is 1.61. The van der Waals surface area contributed by atoms with Crippen LogP contribution in [0.3, 0.4) is 0 Å². The summed E-state index contributed by atoms with van der Waals surface area (Å²) in [4.78, 5) is 4.60. The van der Waals surface area contributed by atoms with Crippen molar-refractivity contribution in [2.45, 2.75) is 44.8 Å². The van der Waals surface area contributed by atoms with Crippen LogP contribution < -0.4 is 4.74 Å². The number of hydrogen-bond donors (Lipinski definition) is 0. The SMILES string of the molecule is Cc1csc(C2CC[C@@H]3C(COc4ccc(Cl)c(Cl)c4Cl)CC[C@@H]3O2)n1. The third-order valence-electron chi connectivity index (χ3n) is 5.37. The average molecular weight is 433 g/mol. The summed E-state index contributed by atoms with van der Waals surface area (Å²) in [5.41, 5.74) is 1.08. The van der Waals surface area contributed by atoms with E-state index in [0.29, 0.717) is 45.4 Å². The van der Waals surface area contributed by atoms with Crippen molar-refractivity contribution in [3.05, 3.63) is 43.3 Å². The van der Waals surface area contributed by atoms with Gasteiger partial charge in [-0.3, -0.25) is 0 Å². The minimum absolute atomic E-state index is 0.152. The van der Waals surface area contributed by atoms with Crippen LogP contribution in [-0.2, 0) is 4.74 Å². The second kappa shape index (κ2) is 7.84. The minimum atomic E-state index is 0.152. The molecule has 2 fully saturated rings. The minimum Gasteiger partial charge on any atom is -0.492 e. The Bertz CT molecular complexity index is 797. The highest BCUT2D eigenvalue weighted by Gasteiger charge is 2.42. The predicted octanol–water partition coefficient (Wildman–Crippen LogP) is 6.74. The van der Waals surface area contributed by atoms with Crippen molar-refractivity contribution in [1.29, 1.82) is 0 Å². The largest absolute Gasteiger partial charge is 0.492 e. The van der Waals surface area contributed by atoms with Gasteiger partial charge in [-0.2, -0.15) is 0 Å². The lowest BCUT2D eigenvalue weighted by molar-refractivity contribution is -0.0811.